The van der Waals surface area contributed by atoms with Gasteiger partial charge < -0.3 is 25.6 Å². The lowest BCUT2D eigenvalue weighted by Crippen LogP contribution is -2.47. The van der Waals surface area contributed by atoms with Crippen LogP contribution in [0.5, 0.6) is 0 Å². The molecule has 1 aromatic heterocycles. The standard InChI is InChI=1S/C28H35N5O3S/c1-28(2,3)33(16-15-25(34)30-21-11-13-23(14-12-21)32(4)5)27(35)36-19-20-8-6-9-22(18-20)31-26(29)24-10-7-17-37-24/h6-14,17-18H,15-16,19H2,1-5H3,(H2,29,31)(H,30,34). The summed E-state index contributed by atoms with van der Waals surface area (Å²) < 4.78 is 5.61. The van der Waals surface area contributed by atoms with Gasteiger partial charge >= 0.3 is 6.09 Å². The van der Waals surface area contributed by atoms with Gasteiger partial charge in [-0.05, 0) is 74.2 Å². The molecule has 0 fully saturated rings. The molecule has 8 nitrogen and oxygen atoms in total. The van der Waals surface area contributed by atoms with Crippen LogP contribution in [0.1, 0.15) is 37.6 Å². The third-order valence-electron chi connectivity index (χ3n) is 5.56. The van der Waals surface area contributed by atoms with Crippen molar-refractivity contribution in [2.45, 2.75) is 39.3 Å². The maximum absolute atomic E-state index is 13.0. The van der Waals surface area contributed by atoms with Crippen LogP contribution >= 0.6 is 11.3 Å². The molecule has 0 unspecified atom stereocenters. The minimum atomic E-state index is -0.522. The Kier molecular flexibility index (Phi) is 9.30. The van der Waals surface area contributed by atoms with Crippen LogP contribution in [0.15, 0.2) is 71.0 Å². The molecule has 0 saturated heterocycles. The summed E-state index contributed by atoms with van der Waals surface area (Å²) in [5.74, 6) is 0.267. The Morgan fingerprint density at radius 3 is 2.41 bits per heavy atom. The topological polar surface area (TPSA) is 100 Å². The number of nitrogens with one attached hydrogen (secondary N) is 1. The Balaban J connectivity index is 1.57. The number of amides is 2. The van der Waals surface area contributed by atoms with Crippen LogP contribution in [0.4, 0.5) is 21.9 Å². The third-order valence-corrected chi connectivity index (χ3v) is 6.45. The molecule has 0 aliphatic rings. The van der Waals surface area contributed by atoms with Crippen LogP contribution in [0, 0.1) is 0 Å². The van der Waals surface area contributed by atoms with Gasteiger partial charge in [-0.2, -0.15) is 0 Å². The van der Waals surface area contributed by atoms with E-state index in [9.17, 15) is 9.59 Å². The highest BCUT2D eigenvalue weighted by atomic mass is 32.1. The van der Waals surface area contributed by atoms with E-state index in [4.69, 9.17) is 10.5 Å². The lowest BCUT2D eigenvalue weighted by molar-refractivity contribution is -0.116. The summed E-state index contributed by atoms with van der Waals surface area (Å²) in [4.78, 5) is 34.4. The number of benzene rings is 2. The summed E-state index contributed by atoms with van der Waals surface area (Å²) in [6, 6.07) is 18.8. The fourth-order valence-corrected chi connectivity index (χ4v) is 4.16. The molecule has 37 heavy (non-hydrogen) atoms. The highest BCUT2D eigenvalue weighted by Crippen LogP contribution is 2.20. The second-order valence-corrected chi connectivity index (χ2v) is 10.7. The van der Waals surface area contributed by atoms with Crippen molar-refractivity contribution in [3.63, 3.8) is 0 Å². The molecule has 9 heteroatoms. The van der Waals surface area contributed by atoms with Crippen LogP contribution in [-0.2, 0) is 16.1 Å². The molecule has 196 valence electrons. The van der Waals surface area contributed by atoms with Crippen LogP contribution in [-0.4, -0.2) is 48.9 Å². The van der Waals surface area contributed by atoms with Crippen molar-refractivity contribution in [1.82, 2.24) is 4.90 Å². The first kappa shape index (κ1) is 27.7. The van der Waals surface area contributed by atoms with E-state index in [0.717, 1.165) is 16.1 Å². The number of amidine groups is 1. The van der Waals surface area contributed by atoms with Crippen LogP contribution in [0.2, 0.25) is 0 Å². The number of ether oxygens (including phenoxy) is 1. The van der Waals surface area contributed by atoms with Crippen molar-refractivity contribution in [2.24, 2.45) is 10.7 Å². The molecular weight excluding hydrogens is 486 g/mol. The molecule has 3 N–H and O–H groups in total. The SMILES string of the molecule is CN(C)c1ccc(NC(=O)CCN(C(=O)OCc2cccc(N=C(N)c3cccs3)c2)C(C)(C)C)cc1. The van der Waals surface area contributed by atoms with Gasteiger partial charge in [0.2, 0.25) is 5.91 Å². The maximum atomic E-state index is 13.0. The molecule has 0 aliphatic heterocycles. The molecule has 2 aromatic carbocycles. The van der Waals surface area contributed by atoms with E-state index in [1.54, 1.807) is 4.90 Å². The molecule has 0 atom stereocenters. The van der Waals surface area contributed by atoms with Crippen molar-refractivity contribution >= 4 is 46.2 Å². The zero-order valence-corrected chi connectivity index (χ0v) is 22.8. The molecule has 2 amide bonds. The molecule has 0 saturated carbocycles. The maximum Gasteiger partial charge on any atom is 0.410 e. The second-order valence-electron chi connectivity index (χ2n) is 9.76. The largest absolute Gasteiger partial charge is 0.445 e. The zero-order chi connectivity index (χ0) is 27.0. The summed E-state index contributed by atoms with van der Waals surface area (Å²) in [5, 5.41) is 4.83. The number of thiophene rings is 1. The van der Waals surface area contributed by atoms with Crippen LogP contribution < -0.4 is 16.0 Å². The Bertz CT molecular complexity index is 1220. The first-order valence-electron chi connectivity index (χ1n) is 12.0. The molecule has 0 bridgehead atoms. The van der Waals surface area contributed by atoms with Gasteiger partial charge in [0, 0.05) is 44.0 Å². The van der Waals surface area contributed by atoms with Crippen molar-refractivity contribution in [2.75, 3.05) is 30.9 Å². The summed E-state index contributed by atoms with van der Waals surface area (Å²) in [5.41, 5.74) is 8.80. The second kappa shape index (κ2) is 12.4. The number of aliphatic imine (C=N–C) groups is 1. The Labute approximate surface area is 222 Å². The van der Waals surface area contributed by atoms with Gasteiger partial charge in [-0.3, -0.25) is 4.79 Å². The highest BCUT2D eigenvalue weighted by molar-refractivity contribution is 7.12. The van der Waals surface area contributed by atoms with Crippen molar-refractivity contribution in [1.29, 1.82) is 0 Å². The Hall–Kier alpha value is -3.85. The number of hydrogen-bond donors (Lipinski definition) is 2. The summed E-state index contributed by atoms with van der Waals surface area (Å²) in [6.45, 7) is 6.04. The minimum absolute atomic E-state index is 0.0814. The molecule has 0 aliphatic carbocycles. The molecule has 0 spiro atoms. The van der Waals surface area contributed by atoms with E-state index in [1.165, 1.54) is 11.3 Å². The van der Waals surface area contributed by atoms with E-state index < -0.39 is 11.6 Å². The van der Waals surface area contributed by atoms with Crippen LogP contribution in [0.25, 0.3) is 0 Å². The number of carbonyl (C=O) groups excluding carboxylic acids is 2. The normalized spacial score (nSPS) is 11.6. The number of anilines is 2. The first-order chi connectivity index (χ1) is 17.5. The van der Waals surface area contributed by atoms with Gasteiger partial charge in [0.25, 0.3) is 0 Å². The number of nitrogens with two attached hydrogens (primary N) is 1. The Morgan fingerprint density at radius 1 is 1.05 bits per heavy atom. The molecule has 1 heterocycles. The molecule has 3 rings (SSSR count). The lowest BCUT2D eigenvalue weighted by atomic mass is 10.1. The van der Waals surface area contributed by atoms with Gasteiger partial charge in [-0.25, -0.2) is 9.79 Å². The third kappa shape index (κ3) is 8.35. The predicted octanol–water partition coefficient (Wildman–Crippen LogP) is 5.62. The van der Waals surface area contributed by atoms with E-state index in [0.29, 0.717) is 17.2 Å². The summed E-state index contributed by atoms with van der Waals surface area (Å²) in [6.07, 6.45) is -0.337. The van der Waals surface area contributed by atoms with Crippen molar-refractivity contribution < 1.29 is 14.3 Å². The zero-order valence-electron chi connectivity index (χ0n) is 22.0. The van der Waals surface area contributed by atoms with Gasteiger partial charge in [0.1, 0.15) is 12.4 Å². The quantitative estimate of drug-likeness (QED) is 0.281. The van der Waals surface area contributed by atoms with Crippen LogP contribution in [0.3, 0.4) is 0 Å². The summed E-state index contributed by atoms with van der Waals surface area (Å²) >= 11 is 1.52. The van der Waals surface area contributed by atoms with Crippen molar-refractivity contribution in [3.8, 4) is 0 Å². The first-order valence-corrected chi connectivity index (χ1v) is 12.9. The number of hydrogen-bond acceptors (Lipinski definition) is 6. The fourth-order valence-electron chi connectivity index (χ4n) is 3.54. The molecular formula is C28H35N5O3S. The number of rotatable bonds is 9. The van der Waals surface area contributed by atoms with E-state index in [2.05, 4.69) is 10.3 Å². The van der Waals surface area contributed by atoms with E-state index in [1.807, 2.05) is 106 Å². The summed E-state index contributed by atoms with van der Waals surface area (Å²) in [7, 11) is 3.92. The molecule has 0 radical (unpaired) electrons. The number of nitrogens with zero attached hydrogens (tertiary/aromatic N) is 3. The van der Waals surface area contributed by atoms with Gasteiger partial charge in [0.05, 0.1) is 10.6 Å². The smallest absolute Gasteiger partial charge is 0.410 e. The monoisotopic (exact) mass is 521 g/mol. The number of carbonyl (C=O) groups is 2. The minimum Gasteiger partial charge on any atom is -0.445 e. The van der Waals surface area contributed by atoms with Gasteiger partial charge in [-0.15, -0.1) is 11.3 Å². The average molecular weight is 522 g/mol. The molecule has 3 aromatic rings. The Morgan fingerprint density at radius 2 is 1.78 bits per heavy atom. The predicted molar refractivity (Wildman–Crippen MR) is 152 cm³/mol. The van der Waals surface area contributed by atoms with E-state index in [-0.39, 0.29) is 25.5 Å². The van der Waals surface area contributed by atoms with Crippen molar-refractivity contribution in [3.05, 3.63) is 76.5 Å². The van der Waals surface area contributed by atoms with E-state index >= 15 is 0 Å². The van der Waals surface area contributed by atoms with Gasteiger partial charge in [-0.1, -0.05) is 18.2 Å². The fraction of sp³-hybridized carbons (Fsp3) is 0.321. The van der Waals surface area contributed by atoms with Gasteiger partial charge in [0.15, 0.2) is 0 Å². The average Bonchev–Trinajstić information content (AvgIpc) is 3.38. The lowest BCUT2D eigenvalue weighted by Gasteiger charge is -2.34. The highest BCUT2D eigenvalue weighted by Gasteiger charge is 2.28.